The number of carbonyl (C=O) groups excluding carboxylic acids is 1. The summed E-state index contributed by atoms with van der Waals surface area (Å²) >= 11 is 0. The Bertz CT molecular complexity index is 1250. The first-order valence-corrected chi connectivity index (χ1v) is 8.84. The minimum atomic E-state index is -2.86. The molecule has 0 radical (unpaired) electrons. The van der Waals surface area contributed by atoms with Crippen LogP contribution in [-0.2, 0) is 0 Å². The Hall–Kier alpha value is -3.75. The van der Waals surface area contributed by atoms with Crippen molar-refractivity contribution in [1.82, 2.24) is 14.6 Å². The Labute approximate surface area is 168 Å². The lowest BCUT2D eigenvalue weighted by molar-refractivity contribution is 0.102. The van der Waals surface area contributed by atoms with Crippen LogP contribution in [0.1, 0.15) is 28.0 Å². The first kappa shape index (κ1) is 19.6. The van der Waals surface area contributed by atoms with Crippen LogP contribution in [-0.4, -0.2) is 20.5 Å². The number of fused-ring (bicyclic) bond motifs is 1. The van der Waals surface area contributed by atoms with Crippen molar-refractivity contribution in [3.8, 4) is 11.3 Å². The molecule has 0 spiro atoms. The molecule has 1 amide bonds. The van der Waals surface area contributed by atoms with Crippen LogP contribution in [0.4, 0.5) is 23.2 Å². The number of amides is 1. The SMILES string of the molecule is Cc1ccc(-c2cc(C(F)F)n3ncc(C(=O)Nc4ccc(F)c(F)c4)c3n2)cc1. The number of carbonyl (C=O) groups is 1. The lowest BCUT2D eigenvalue weighted by Gasteiger charge is -2.09. The van der Waals surface area contributed by atoms with Gasteiger partial charge in [0.1, 0.15) is 11.3 Å². The standard InChI is InChI=1S/C21H14F4N4O/c1-11-2-4-12(5-3-11)17-9-18(19(24)25)29-20(28-17)14(10-26-29)21(30)27-13-6-7-15(22)16(23)8-13/h2-10,19H,1H3,(H,27,30). The van der Waals surface area contributed by atoms with Crippen LogP contribution in [0.3, 0.4) is 0 Å². The van der Waals surface area contributed by atoms with Gasteiger partial charge in [0.15, 0.2) is 17.3 Å². The second-order valence-electron chi connectivity index (χ2n) is 6.61. The van der Waals surface area contributed by atoms with E-state index >= 15 is 0 Å². The summed E-state index contributed by atoms with van der Waals surface area (Å²) in [5.41, 5.74) is 1.24. The molecule has 4 aromatic rings. The zero-order valence-electron chi connectivity index (χ0n) is 15.5. The van der Waals surface area contributed by atoms with Crippen molar-refractivity contribution in [1.29, 1.82) is 0 Å². The van der Waals surface area contributed by atoms with Crippen LogP contribution in [0.5, 0.6) is 0 Å². The third-order valence-electron chi connectivity index (χ3n) is 4.49. The zero-order chi connectivity index (χ0) is 21.4. The maximum absolute atomic E-state index is 13.6. The van der Waals surface area contributed by atoms with Gasteiger partial charge in [0.2, 0.25) is 0 Å². The molecule has 2 aromatic carbocycles. The van der Waals surface area contributed by atoms with Gasteiger partial charge in [-0.15, -0.1) is 0 Å². The number of rotatable bonds is 4. The molecular formula is C21H14F4N4O. The molecular weight excluding hydrogens is 400 g/mol. The zero-order valence-corrected chi connectivity index (χ0v) is 15.5. The van der Waals surface area contributed by atoms with Crippen LogP contribution in [0.25, 0.3) is 16.9 Å². The summed E-state index contributed by atoms with van der Waals surface area (Å²) in [7, 11) is 0. The van der Waals surface area contributed by atoms with E-state index in [9.17, 15) is 22.4 Å². The monoisotopic (exact) mass is 414 g/mol. The highest BCUT2D eigenvalue weighted by atomic mass is 19.3. The van der Waals surface area contributed by atoms with E-state index in [1.54, 1.807) is 12.1 Å². The molecule has 2 heterocycles. The highest BCUT2D eigenvalue weighted by Crippen LogP contribution is 2.27. The summed E-state index contributed by atoms with van der Waals surface area (Å²) in [5, 5.41) is 6.26. The summed E-state index contributed by atoms with van der Waals surface area (Å²) in [6, 6.07) is 11.2. The normalized spacial score (nSPS) is 11.3. The van der Waals surface area contributed by atoms with Crippen molar-refractivity contribution in [3.05, 3.63) is 83.2 Å². The number of alkyl halides is 2. The minimum absolute atomic E-state index is 0.00187. The van der Waals surface area contributed by atoms with Gasteiger partial charge >= 0.3 is 0 Å². The highest BCUT2D eigenvalue weighted by molar-refractivity contribution is 6.08. The molecule has 0 unspecified atom stereocenters. The summed E-state index contributed by atoms with van der Waals surface area (Å²) in [6.45, 7) is 1.89. The Balaban J connectivity index is 1.79. The maximum atomic E-state index is 13.6. The minimum Gasteiger partial charge on any atom is -0.322 e. The van der Waals surface area contributed by atoms with Crippen LogP contribution in [0.15, 0.2) is 54.7 Å². The number of aryl methyl sites for hydroxylation is 1. The third kappa shape index (κ3) is 3.61. The topological polar surface area (TPSA) is 59.3 Å². The van der Waals surface area contributed by atoms with Gasteiger partial charge in [-0.1, -0.05) is 29.8 Å². The molecule has 0 aliphatic heterocycles. The summed E-state index contributed by atoms with van der Waals surface area (Å²) in [5.74, 6) is -2.94. The molecule has 30 heavy (non-hydrogen) atoms. The molecule has 9 heteroatoms. The summed E-state index contributed by atoms with van der Waals surface area (Å²) in [4.78, 5) is 17.0. The van der Waals surface area contributed by atoms with E-state index in [2.05, 4.69) is 15.4 Å². The van der Waals surface area contributed by atoms with Gasteiger partial charge in [-0.2, -0.15) is 5.10 Å². The fraction of sp³-hybridized carbons (Fsp3) is 0.0952. The van der Waals surface area contributed by atoms with Crippen molar-refractivity contribution >= 4 is 17.2 Å². The lowest BCUT2D eigenvalue weighted by atomic mass is 10.1. The van der Waals surface area contributed by atoms with E-state index in [0.29, 0.717) is 5.56 Å². The van der Waals surface area contributed by atoms with E-state index in [1.165, 1.54) is 12.1 Å². The van der Waals surface area contributed by atoms with E-state index < -0.39 is 29.7 Å². The lowest BCUT2D eigenvalue weighted by Crippen LogP contribution is -2.13. The number of halogens is 4. The van der Waals surface area contributed by atoms with E-state index in [4.69, 9.17) is 0 Å². The van der Waals surface area contributed by atoms with Crippen LogP contribution in [0.2, 0.25) is 0 Å². The van der Waals surface area contributed by atoms with Crippen LogP contribution in [0, 0.1) is 18.6 Å². The summed E-state index contributed by atoms with van der Waals surface area (Å²) in [6.07, 6.45) is -1.76. The molecule has 0 aliphatic rings. The van der Waals surface area contributed by atoms with Gasteiger partial charge in [0, 0.05) is 17.3 Å². The third-order valence-corrected chi connectivity index (χ3v) is 4.49. The molecule has 5 nitrogen and oxygen atoms in total. The molecule has 1 N–H and O–H groups in total. The first-order valence-electron chi connectivity index (χ1n) is 8.84. The Morgan fingerprint density at radius 2 is 1.77 bits per heavy atom. The molecule has 0 aliphatic carbocycles. The van der Waals surface area contributed by atoms with Gasteiger partial charge in [0.25, 0.3) is 12.3 Å². The van der Waals surface area contributed by atoms with E-state index in [0.717, 1.165) is 28.4 Å². The molecule has 0 saturated carbocycles. The molecule has 152 valence electrons. The predicted octanol–water partition coefficient (Wildman–Crippen LogP) is 5.17. The largest absolute Gasteiger partial charge is 0.322 e. The van der Waals surface area contributed by atoms with Gasteiger partial charge in [-0.25, -0.2) is 27.1 Å². The number of benzene rings is 2. The quantitative estimate of drug-likeness (QED) is 0.469. The Morgan fingerprint density at radius 3 is 2.43 bits per heavy atom. The van der Waals surface area contributed by atoms with Gasteiger partial charge in [-0.3, -0.25) is 4.79 Å². The van der Waals surface area contributed by atoms with Gasteiger partial charge in [-0.05, 0) is 25.1 Å². The number of hydrogen-bond acceptors (Lipinski definition) is 3. The molecule has 4 rings (SSSR count). The fourth-order valence-electron chi connectivity index (χ4n) is 2.95. The molecule has 0 atom stereocenters. The average molecular weight is 414 g/mol. The Morgan fingerprint density at radius 1 is 1.03 bits per heavy atom. The van der Waals surface area contributed by atoms with Crippen molar-refractivity contribution in [3.63, 3.8) is 0 Å². The van der Waals surface area contributed by atoms with E-state index in [-0.39, 0.29) is 22.6 Å². The van der Waals surface area contributed by atoms with E-state index in [1.807, 2.05) is 19.1 Å². The van der Waals surface area contributed by atoms with Crippen molar-refractivity contribution in [2.75, 3.05) is 5.32 Å². The number of anilines is 1. The Kier molecular flexibility index (Phi) is 4.94. The molecule has 0 bridgehead atoms. The maximum Gasteiger partial charge on any atom is 0.280 e. The molecule has 0 fully saturated rings. The van der Waals surface area contributed by atoms with Crippen LogP contribution >= 0.6 is 0 Å². The fourth-order valence-corrected chi connectivity index (χ4v) is 2.95. The highest BCUT2D eigenvalue weighted by Gasteiger charge is 2.22. The number of hydrogen-bond donors (Lipinski definition) is 1. The molecule has 2 aromatic heterocycles. The number of aromatic nitrogens is 3. The number of nitrogens with one attached hydrogen (secondary N) is 1. The first-order chi connectivity index (χ1) is 14.3. The van der Waals surface area contributed by atoms with Crippen molar-refractivity contribution in [2.45, 2.75) is 13.3 Å². The average Bonchev–Trinajstić information content (AvgIpc) is 3.14. The van der Waals surface area contributed by atoms with Crippen LogP contribution < -0.4 is 5.32 Å². The van der Waals surface area contributed by atoms with Gasteiger partial charge < -0.3 is 5.32 Å². The van der Waals surface area contributed by atoms with Crippen molar-refractivity contribution in [2.24, 2.45) is 0 Å². The number of nitrogens with zero attached hydrogens (tertiary/aromatic N) is 3. The summed E-state index contributed by atoms with van der Waals surface area (Å²) < 4.78 is 54.6. The van der Waals surface area contributed by atoms with Crippen molar-refractivity contribution < 1.29 is 22.4 Å². The second kappa shape index (κ2) is 7.58. The predicted molar refractivity (Wildman–Crippen MR) is 102 cm³/mol. The van der Waals surface area contributed by atoms with Gasteiger partial charge in [0.05, 0.1) is 11.9 Å². The smallest absolute Gasteiger partial charge is 0.280 e. The molecule has 0 saturated heterocycles. The second-order valence-corrected chi connectivity index (χ2v) is 6.61.